The molecule has 20 heavy (non-hydrogen) atoms. The number of rotatable bonds is 5. The Morgan fingerprint density at radius 3 is 2.65 bits per heavy atom. The van der Waals surface area contributed by atoms with Crippen LogP contribution in [0.3, 0.4) is 0 Å². The van der Waals surface area contributed by atoms with Gasteiger partial charge >= 0.3 is 0 Å². The number of anilines is 1. The maximum Gasteiger partial charge on any atom is 0.132 e. The smallest absolute Gasteiger partial charge is 0.132 e. The molecule has 0 atom stereocenters. The molecule has 1 aromatic carbocycles. The molecular formula is C17H23N3. The standard InChI is InChI=1S/C17H23N3/c1-3-7-15-19-16(17(18)20(15)13-10-11-13)14-9-6-5-8-12(14)4-2/h5-6,8-9,13H,3-4,7,10-11,18H2,1-2H3. The molecule has 1 aromatic heterocycles. The summed E-state index contributed by atoms with van der Waals surface area (Å²) in [6, 6.07) is 9.06. The van der Waals surface area contributed by atoms with Crippen molar-refractivity contribution in [3.63, 3.8) is 0 Å². The number of imidazole rings is 1. The van der Waals surface area contributed by atoms with Gasteiger partial charge < -0.3 is 10.3 Å². The Labute approximate surface area is 120 Å². The molecule has 1 aliphatic carbocycles. The molecule has 0 saturated heterocycles. The number of hydrogen-bond donors (Lipinski definition) is 1. The van der Waals surface area contributed by atoms with E-state index in [1.54, 1.807) is 0 Å². The predicted octanol–water partition coefficient (Wildman–Crippen LogP) is 3.98. The van der Waals surface area contributed by atoms with Gasteiger partial charge in [0, 0.05) is 18.0 Å². The summed E-state index contributed by atoms with van der Waals surface area (Å²) in [5.74, 6) is 2.02. The lowest BCUT2D eigenvalue weighted by atomic mass is 10.0. The quantitative estimate of drug-likeness (QED) is 0.892. The first-order valence-electron chi connectivity index (χ1n) is 7.71. The van der Waals surface area contributed by atoms with Crippen LogP contribution in [0.5, 0.6) is 0 Å². The average Bonchev–Trinajstić information content (AvgIpc) is 3.24. The number of nitrogens with zero attached hydrogens (tertiary/aromatic N) is 2. The zero-order valence-corrected chi connectivity index (χ0v) is 12.4. The van der Waals surface area contributed by atoms with Gasteiger partial charge in [0.2, 0.25) is 0 Å². The number of nitrogen functional groups attached to an aromatic ring is 1. The first-order chi connectivity index (χ1) is 9.76. The fraction of sp³-hybridized carbons (Fsp3) is 0.471. The molecular weight excluding hydrogens is 246 g/mol. The SMILES string of the molecule is CCCc1nc(-c2ccccc2CC)c(N)n1C1CC1. The molecule has 1 aliphatic rings. The Morgan fingerprint density at radius 2 is 2.00 bits per heavy atom. The minimum absolute atomic E-state index is 0.589. The van der Waals surface area contributed by atoms with E-state index < -0.39 is 0 Å². The number of aromatic nitrogens is 2. The molecule has 0 radical (unpaired) electrons. The first kappa shape index (κ1) is 13.2. The molecule has 1 heterocycles. The maximum absolute atomic E-state index is 6.43. The van der Waals surface area contributed by atoms with Gasteiger partial charge in [-0.3, -0.25) is 0 Å². The highest BCUT2D eigenvalue weighted by Crippen LogP contribution is 2.41. The van der Waals surface area contributed by atoms with Crippen molar-refractivity contribution in [2.24, 2.45) is 0 Å². The molecule has 1 saturated carbocycles. The Balaban J connectivity index is 2.11. The van der Waals surface area contributed by atoms with Crippen LogP contribution in [0.25, 0.3) is 11.3 Å². The molecule has 0 bridgehead atoms. The van der Waals surface area contributed by atoms with E-state index in [2.05, 4.69) is 42.7 Å². The molecule has 106 valence electrons. The average molecular weight is 269 g/mol. The second-order valence-electron chi connectivity index (χ2n) is 5.62. The van der Waals surface area contributed by atoms with Gasteiger partial charge in [0.05, 0.1) is 0 Å². The van der Waals surface area contributed by atoms with Crippen molar-refractivity contribution in [3.05, 3.63) is 35.7 Å². The lowest BCUT2D eigenvalue weighted by Crippen LogP contribution is -2.05. The van der Waals surface area contributed by atoms with Gasteiger partial charge in [-0.25, -0.2) is 4.98 Å². The summed E-state index contributed by atoms with van der Waals surface area (Å²) >= 11 is 0. The second kappa shape index (κ2) is 5.31. The molecule has 2 N–H and O–H groups in total. The molecule has 0 amide bonds. The maximum atomic E-state index is 6.43. The molecule has 1 fully saturated rings. The Bertz CT molecular complexity index is 609. The highest BCUT2D eigenvalue weighted by atomic mass is 15.2. The monoisotopic (exact) mass is 269 g/mol. The van der Waals surface area contributed by atoms with Crippen molar-refractivity contribution in [2.75, 3.05) is 5.73 Å². The fourth-order valence-corrected chi connectivity index (χ4v) is 2.89. The van der Waals surface area contributed by atoms with Gasteiger partial charge in [-0.1, -0.05) is 38.1 Å². The van der Waals surface area contributed by atoms with Crippen LogP contribution in [0, 0.1) is 0 Å². The van der Waals surface area contributed by atoms with Crippen molar-refractivity contribution < 1.29 is 0 Å². The summed E-state index contributed by atoms with van der Waals surface area (Å²) in [6.45, 7) is 4.38. The molecule has 2 aromatic rings. The second-order valence-corrected chi connectivity index (χ2v) is 5.62. The van der Waals surface area contributed by atoms with Crippen LogP contribution in [-0.4, -0.2) is 9.55 Å². The lowest BCUT2D eigenvalue weighted by molar-refractivity contribution is 0.676. The third-order valence-electron chi connectivity index (χ3n) is 4.06. The largest absolute Gasteiger partial charge is 0.383 e. The summed E-state index contributed by atoms with van der Waals surface area (Å²) in [4.78, 5) is 4.88. The van der Waals surface area contributed by atoms with E-state index in [0.717, 1.165) is 36.6 Å². The molecule has 3 heteroatoms. The third-order valence-corrected chi connectivity index (χ3v) is 4.06. The van der Waals surface area contributed by atoms with Gasteiger partial charge in [-0.05, 0) is 31.2 Å². The third kappa shape index (κ3) is 2.21. The molecule has 3 nitrogen and oxygen atoms in total. The van der Waals surface area contributed by atoms with Gasteiger partial charge in [0.1, 0.15) is 17.3 Å². The molecule has 0 aliphatic heterocycles. The van der Waals surface area contributed by atoms with Crippen LogP contribution < -0.4 is 5.73 Å². The molecule has 3 rings (SSSR count). The van der Waals surface area contributed by atoms with E-state index in [-0.39, 0.29) is 0 Å². The minimum Gasteiger partial charge on any atom is -0.383 e. The normalized spacial score (nSPS) is 14.7. The van der Waals surface area contributed by atoms with E-state index in [0.29, 0.717) is 6.04 Å². The van der Waals surface area contributed by atoms with E-state index in [1.807, 2.05) is 0 Å². The number of hydrogen-bond acceptors (Lipinski definition) is 2. The molecule has 0 unspecified atom stereocenters. The summed E-state index contributed by atoms with van der Waals surface area (Å²) in [5, 5.41) is 0. The van der Waals surface area contributed by atoms with E-state index in [1.165, 1.54) is 24.0 Å². The first-order valence-corrected chi connectivity index (χ1v) is 7.71. The zero-order chi connectivity index (χ0) is 14.1. The van der Waals surface area contributed by atoms with Crippen LogP contribution in [0.2, 0.25) is 0 Å². The summed E-state index contributed by atoms with van der Waals surface area (Å²) < 4.78 is 2.28. The van der Waals surface area contributed by atoms with Gasteiger partial charge in [-0.15, -0.1) is 0 Å². The predicted molar refractivity (Wildman–Crippen MR) is 83.7 cm³/mol. The summed E-state index contributed by atoms with van der Waals surface area (Å²) in [6.07, 6.45) is 5.61. The van der Waals surface area contributed by atoms with Crippen LogP contribution >= 0.6 is 0 Å². The highest BCUT2D eigenvalue weighted by Gasteiger charge is 2.30. The van der Waals surface area contributed by atoms with Crippen molar-refractivity contribution in [1.82, 2.24) is 9.55 Å². The molecule has 0 spiro atoms. The summed E-state index contributed by atoms with van der Waals surface area (Å²) in [5.41, 5.74) is 9.94. The van der Waals surface area contributed by atoms with Crippen LogP contribution in [0.4, 0.5) is 5.82 Å². The van der Waals surface area contributed by atoms with Crippen molar-refractivity contribution >= 4 is 5.82 Å². The van der Waals surface area contributed by atoms with E-state index in [9.17, 15) is 0 Å². The van der Waals surface area contributed by atoms with E-state index in [4.69, 9.17) is 10.7 Å². The van der Waals surface area contributed by atoms with Crippen molar-refractivity contribution in [2.45, 2.75) is 52.0 Å². The minimum atomic E-state index is 0.589. The fourth-order valence-electron chi connectivity index (χ4n) is 2.89. The number of benzene rings is 1. The number of aryl methyl sites for hydroxylation is 2. The summed E-state index contributed by atoms with van der Waals surface area (Å²) in [7, 11) is 0. The Morgan fingerprint density at radius 1 is 1.25 bits per heavy atom. The van der Waals surface area contributed by atoms with Crippen molar-refractivity contribution in [1.29, 1.82) is 0 Å². The van der Waals surface area contributed by atoms with E-state index >= 15 is 0 Å². The Kier molecular flexibility index (Phi) is 3.51. The Hall–Kier alpha value is -1.77. The van der Waals surface area contributed by atoms with Crippen molar-refractivity contribution in [3.8, 4) is 11.3 Å². The van der Waals surface area contributed by atoms with Crippen LogP contribution in [0.15, 0.2) is 24.3 Å². The number of nitrogens with two attached hydrogens (primary N) is 1. The van der Waals surface area contributed by atoms with Gasteiger partial charge in [-0.2, -0.15) is 0 Å². The van der Waals surface area contributed by atoms with Gasteiger partial charge in [0.25, 0.3) is 0 Å². The lowest BCUT2D eigenvalue weighted by Gasteiger charge is -2.08. The zero-order valence-electron chi connectivity index (χ0n) is 12.4. The van der Waals surface area contributed by atoms with Crippen LogP contribution in [-0.2, 0) is 12.8 Å². The van der Waals surface area contributed by atoms with Gasteiger partial charge in [0.15, 0.2) is 0 Å². The highest BCUT2D eigenvalue weighted by molar-refractivity contribution is 5.74. The van der Waals surface area contributed by atoms with Crippen LogP contribution in [0.1, 0.15) is 50.5 Å². The topological polar surface area (TPSA) is 43.8 Å².